The molecule has 0 aromatic carbocycles. The number of likely N-dealkylation sites (N-methyl/N-ethyl adjacent to an activating group) is 2. The van der Waals surface area contributed by atoms with Crippen molar-refractivity contribution in [2.45, 2.75) is 71.9 Å². The number of rotatable bonds is 16. The first kappa shape index (κ1) is 28.5. The number of ether oxygens (including phenoxy) is 1. The van der Waals surface area contributed by atoms with Gasteiger partial charge in [0.1, 0.15) is 0 Å². The normalized spacial score (nSPS) is 16.3. The van der Waals surface area contributed by atoms with E-state index in [9.17, 15) is 4.79 Å². The van der Waals surface area contributed by atoms with Crippen LogP contribution in [0.25, 0.3) is 0 Å². The van der Waals surface area contributed by atoms with Crippen LogP contribution in [-0.4, -0.2) is 68.1 Å². The predicted octanol–water partition coefficient (Wildman–Crippen LogP) is 5.43. The number of methoxy groups -OCH3 is 1. The number of ketones is 1. The summed E-state index contributed by atoms with van der Waals surface area (Å²) >= 11 is 0. The fraction of sp³-hybridized carbons (Fsp3) is 0.654. The first-order valence-corrected chi connectivity index (χ1v) is 11.3. The molecule has 0 bridgehead atoms. The number of hydrogen-bond donors (Lipinski definition) is 0. The molecule has 4 nitrogen and oxygen atoms in total. The van der Waals surface area contributed by atoms with E-state index >= 15 is 0 Å². The Morgan fingerprint density at radius 2 is 1.90 bits per heavy atom. The van der Waals surface area contributed by atoms with Gasteiger partial charge in [0.25, 0.3) is 0 Å². The van der Waals surface area contributed by atoms with Gasteiger partial charge in [-0.15, -0.1) is 0 Å². The number of carbonyl (C=O) groups excluding carboxylic acids is 1. The van der Waals surface area contributed by atoms with Crippen LogP contribution in [0.5, 0.6) is 0 Å². The lowest BCUT2D eigenvalue weighted by molar-refractivity contribution is -0.126. The molecule has 4 heteroatoms. The molecule has 172 valence electrons. The van der Waals surface area contributed by atoms with Crippen molar-refractivity contribution in [3.8, 4) is 0 Å². The quantitative estimate of drug-likeness (QED) is 0.247. The highest BCUT2D eigenvalue weighted by atomic mass is 16.5. The van der Waals surface area contributed by atoms with Crippen LogP contribution in [0, 0.1) is 0 Å². The zero-order chi connectivity index (χ0) is 23.2. The Hall–Kier alpha value is -1.49. The predicted molar refractivity (Wildman–Crippen MR) is 131 cm³/mol. The van der Waals surface area contributed by atoms with Gasteiger partial charge >= 0.3 is 0 Å². The van der Waals surface area contributed by atoms with E-state index in [-0.39, 0.29) is 5.78 Å². The molecule has 0 amide bonds. The standard InChI is InChI=1S/C26H46N2O2/c1-10-14-16-24(15-11-2)21-26(12-3,27(7)8)25(29)22(5)17-18-23(6)28(13-4)19-20-30-9/h11,14-17,23H,2,10,12-13,18-21H2,1,3-9H3/b16-14-,22-17+,24-15+. The van der Waals surface area contributed by atoms with E-state index in [4.69, 9.17) is 4.74 Å². The van der Waals surface area contributed by atoms with Crippen molar-refractivity contribution in [2.24, 2.45) is 0 Å². The highest BCUT2D eigenvalue weighted by Crippen LogP contribution is 2.31. The van der Waals surface area contributed by atoms with Crippen LogP contribution in [-0.2, 0) is 9.53 Å². The van der Waals surface area contributed by atoms with Gasteiger partial charge in [-0.05, 0) is 71.3 Å². The molecule has 0 radical (unpaired) electrons. The SMILES string of the molecule is C=C/C=C(\C=C/CC)CC(CC)(C(=O)/C(C)=C/CC(C)N(CC)CCOC)N(C)C. The van der Waals surface area contributed by atoms with E-state index in [0.717, 1.165) is 50.1 Å². The van der Waals surface area contributed by atoms with Crippen molar-refractivity contribution < 1.29 is 9.53 Å². The first-order valence-electron chi connectivity index (χ1n) is 11.3. The second kappa shape index (κ2) is 15.3. The summed E-state index contributed by atoms with van der Waals surface area (Å²) in [6.07, 6.45) is 13.5. The van der Waals surface area contributed by atoms with Crippen LogP contribution < -0.4 is 0 Å². The largest absolute Gasteiger partial charge is 0.383 e. The summed E-state index contributed by atoms with van der Waals surface area (Å²) in [6, 6.07) is 0.368. The number of Topliss-reactive ketones (excluding diaryl/α,β-unsaturated/α-hetero) is 1. The molecule has 0 saturated heterocycles. The molecule has 0 heterocycles. The third kappa shape index (κ3) is 8.71. The maximum atomic E-state index is 13.7. The van der Waals surface area contributed by atoms with Gasteiger partial charge in [0.05, 0.1) is 12.1 Å². The molecular weight excluding hydrogens is 372 g/mol. The zero-order valence-electron chi connectivity index (χ0n) is 20.8. The average molecular weight is 419 g/mol. The van der Waals surface area contributed by atoms with Gasteiger partial charge < -0.3 is 4.74 Å². The molecule has 2 unspecified atom stereocenters. The Kier molecular flexibility index (Phi) is 14.6. The summed E-state index contributed by atoms with van der Waals surface area (Å²) in [5, 5.41) is 0. The van der Waals surface area contributed by atoms with E-state index in [0.29, 0.717) is 12.5 Å². The van der Waals surface area contributed by atoms with Crippen molar-refractivity contribution in [3.05, 3.63) is 48.1 Å². The molecule has 0 aromatic heterocycles. The van der Waals surface area contributed by atoms with Gasteiger partial charge in [0, 0.05) is 19.7 Å². The molecule has 0 fully saturated rings. The molecule has 0 saturated carbocycles. The van der Waals surface area contributed by atoms with Crippen molar-refractivity contribution in [1.82, 2.24) is 9.80 Å². The Bertz CT molecular complexity index is 604. The van der Waals surface area contributed by atoms with Crippen LogP contribution >= 0.6 is 0 Å². The molecule has 0 aliphatic heterocycles. The van der Waals surface area contributed by atoms with Crippen LogP contribution in [0.4, 0.5) is 0 Å². The van der Waals surface area contributed by atoms with Crippen LogP contribution in [0.1, 0.15) is 60.3 Å². The monoisotopic (exact) mass is 418 g/mol. The molecule has 0 rings (SSSR count). The minimum Gasteiger partial charge on any atom is -0.383 e. The Morgan fingerprint density at radius 1 is 1.23 bits per heavy atom. The van der Waals surface area contributed by atoms with Crippen molar-refractivity contribution >= 4 is 5.78 Å². The number of nitrogens with zero attached hydrogens (tertiary/aromatic N) is 2. The minimum absolute atomic E-state index is 0.210. The lowest BCUT2D eigenvalue weighted by Gasteiger charge is -2.39. The highest BCUT2D eigenvalue weighted by Gasteiger charge is 2.39. The van der Waals surface area contributed by atoms with Gasteiger partial charge in [-0.25, -0.2) is 0 Å². The molecule has 0 N–H and O–H groups in total. The maximum Gasteiger partial charge on any atom is 0.178 e. The summed E-state index contributed by atoms with van der Waals surface area (Å²) in [5.74, 6) is 0.210. The third-order valence-corrected chi connectivity index (χ3v) is 6.00. The van der Waals surface area contributed by atoms with E-state index < -0.39 is 5.54 Å². The van der Waals surface area contributed by atoms with E-state index in [1.807, 2.05) is 27.1 Å². The summed E-state index contributed by atoms with van der Waals surface area (Å²) in [6.45, 7) is 17.0. The average Bonchev–Trinajstić information content (AvgIpc) is 2.73. The topological polar surface area (TPSA) is 32.8 Å². The Morgan fingerprint density at radius 3 is 2.37 bits per heavy atom. The van der Waals surface area contributed by atoms with Crippen LogP contribution in [0.2, 0.25) is 0 Å². The van der Waals surface area contributed by atoms with Gasteiger partial charge in [0.2, 0.25) is 0 Å². The van der Waals surface area contributed by atoms with Crippen molar-refractivity contribution in [2.75, 3.05) is 40.9 Å². The zero-order valence-corrected chi connectivity index (χ0v) is 20.8. The molecule has 0 aromatic rings. The molecule has 0 aliphatic rings. The minimum atomic E-state index is -0.558. The summed E-state index contributed by atoms with van der Waals surface area (Å²) in [4.78, 5) is 18.1. The van der Waals surface area contributed by atoms with Gasteiger partial charge in [-0.1, -0.05) is 57.7 Å². The number of allylic oxidation sites excluding steroid dienone is 4. The number of carbonyl (C=O) groups is 1. The van der Waals surface area contributed by atoms with Crippen LogP contribution in [0.15, 0.2) is 48.1 Å². The van der Waals surface area contributed by atoms with Gasteiger partial charge in [0.15, 0.2) is 5.78 Å². The maximum absolute atomic E-state index is 13.7. The lowest BCUT2D eigenvalue weighted by atomic mass is 9.79. The van der Waals surface area contributed by atoms with Crippen molar-refractivity contribution in [1.29, 1.82) is 0 Å². The molecule has 30 heavy (non-hydrogen) atoms. The first-order chi connectivity index (χ1) is 14.2. The fourth-order valence-electron chi connectivity index (χ4n) is 3.83. The van der Waals surface area contributed by atoms with Crippen LogP contribution in [0.3, 0.4) is 0 Å². The smallest absolute Gasteiger partial charge is 0.178 e. The fourth-order valence-corrected chi connectivity index (χ4v) is 3.83. The molecule has 2 atom stereocenters. The highest BCUT2D eigenvalue weighted by molar-refractivity contribution is 6.02. The van der Waals surface area contributed by atoms with E-state index in [2.05, 4.69) is 62.3 Å². The Balaban J connectivity index is 5.65. The number of hydrogen-bond acceptors (Lipinski definition) is 4. The summed E-state index contributed by atoms with van der Waals surface area (Å²) < 4.78 is 5.22. The second-order valence-electron chi connectivity index (χ2n) is 8.17. The van der Waals surface area contributed by atoms with Gasteiger partial charge in [-0.3, -0.25) is 14.6 Å². The molecular formula is C26H46N2O2. The van der Waals surface area contributed by atoms with E-state index in [1.165, 1.54) is 0 Å². The molecule has 0 aliphatic carbocycles. The summed E-state index contributed by atoms with van der Waals surface area (Å²) in [5.41, 5.74) is 1.42. The van der Waals surface area contributed by atoms with Crippen molar-refractivity contribution in [3.63, 3.8) is 0 Å². The van der Waals surface area contributed by atoms with Gasteiger partial charge in [-0.2, -0.15) is 0 Å². The molecule has 0 spiro atoms. The van der Waals surface area contributed by atoms with E-state index in [1.54, 1.807) is 13.2 Å². The second-order valence-corrected chi connectivity index (χ2v) is 8.17. The third-order valence-electron chi connectivity index (χ3n) is 6.00. The lowest BCUT2D eigenvalue weighted by Crippen LogP contribution is -2.51. The summed E-state index contributed by atoms with van der Waals surface area (Å²) in [7, 11) is 5.75. The Labute approximate surface area is 186 Å².